The van der Waals surface area contributed by atoms with Gasteiger partial charge in [0.2, 0.25) is 0 Å². The minimum atomic E-state index is -3.85. The lowest BCUT2D eigenvalue weighted by atomic mass is 10.3. The third kappa shape index (κ3) is 2.27. The maximum Gasteiger partial charge on any atom is 0.336 e. The van der Waals surface area contributed by atoms with E-state index in [1.807, 2.05) is 0 Å². The largest absolute Gasteiger partial charge is 0.478 e. The van der Waals surface area contributed by atoms with Gasteiger partial charge in [-0.2, -0.15) is 4.31 Å². The predicted molar refractivity (Wildman–Crippen MR) is 62.1 cm³/mol. The van der Waals surface area contributed by atoms with Crippen LogP contribution in [0.4, 0.5) is 0 Å². The Hall–Kier alpha value is -1.00. The van der Waals surface area contributed by atoms with Gasteiger partial charge in [0, 0.05) is 18.5 Å². The second-order valence-electron chi connectivity index (χ2n) is 3.92. The number of rotatable bonds is 3. The molecule has 1 fully saturated rings. The summed E-state index contributed by atoms with van der Waals surface area (Å²) >= 11 is 0.800. The van der Waals surface area contributed by atoms with Crippen LogP contribution in [0.25, 0.3) is 0 Å². The Morgan fingerprint density at radius 2 is 1.89 bits per heavy atom. The maximum atomic E-state index is 12.1. The van der Waals surface area contributed by atoms with Crippen molar-refractivity contribution in [2.75, 3.05) is 13.1 Å². The molecular formula is C9H11NO6S2. The molecule has 0 amide bonds. The van der Waals surface area contributed by atoms with Crippen molar-refractivity contribution in [1.29, 1.82) is 0 Å². The third-order valence-corrected chi connectivity index (χ3v) is 5.89. The van der Waals surface area contributed by atoms with Gasteiger partial charge in [-0.3, -0.25) is 0 Å². The van der Waals surface area contributed by atoms with E-state index in [1.165, 1.54) is 5.38 Å². The minimum absolute atomic E-state index is 0.0983. The summed E-state index contributed by atoms with van der Waals surface area (Å²) < 4.78 is 25.0. The molecule has 0 saturated carbocycles. The SMILES string of the molecule is O=C(O)c1csc(S(=O)(=O)N2C[C@@H](O)[C@@H](O)C2)c1. The van der Waals surface area contributed by atoms with E-state index >= 15 is 0 Å². The first kappa shape index (κ1) is 13.4. The van der Waals surface area contributed by atoms with E-state index in [4.69, 9.17) is 5.11 Å². The Kier molecular flexibility index (Phi) is 3.43. The normalized spacial score (nSPS) is 25.4. The molecule has 1 aliphatic rings. The van der Waals surface area contributed by atoms with E-state index in [9.17, 15) is 23.4 Å². The number of aromatic carboxylic acids is 1. The lowest BCUT2D eigenvalue weighted by Crippen LogP contribution is -2.29. The molecule has 100 valence electrons. The molecule has 0 aromatic carbocycles. The Bertz CT molecular complexity index is 555. The Morgan fingerprint density at radius 1 is 1.33 bits per heavy atom. The van der Waals surface area contributed by atoms with E-state index in [1.54, 1.807) is 0 Å². The monoisotopic (exact) mass is 293 g/mol. The van der Waals surface area contributed by atoms with E-state index in [-0.39, 0.29) is 22.9 Å². The first-order chi connectivity index (χ1) is 8.32. The molecule has 2 heterocycles. The topological polar surface area (TPSA) is 115 Å². The Balaban J connectivity index is 2.28. The second kappa shape index (κ2) is 4.59. The molecular weight excluding hydrogens is 282 g/mol. The summed E-state index contributed by atoms with van der Waals surface area (Å²) in [7, 11) is -3.85. The van der Waals surface area contributed by atoms with Crippen LogP contribution in [-0.2, 0) is 10.0 Å². The molecule has 0 aliphatic carbocycles. The van der Waals surface area contributed by atoms with Gasteiger partial charge in [0.1, 0.15) is 4.21 Å². The van der Waals surface area contributed by atoms with Crippen molar-refractivity contribution in [3.05, 3.63) is 17.0 Å². The van der Waals surface area contributed by atoms with Crippen LogP contribution in [-0.4, -0.2) is 59.3 Å². The quantitative estimate of drug-likeness (QED) is 0.670. The molecule has 7 nitrogen and oxygen atoms in total. The van der Waals surface area contributed by atoms with Crippen molar-refractivity contribution >= 4 is 27.3 Å². The lowest BCUT2D eigenvalue weighted by molar-refractivity contribution is 0.0572. The second-order valence-corrected chi connectivity index (χ2v) is 6.99. The summed E-state index contributed by atoms with van der Waals surface area (Å²) in [5.41, 5.74) is -0.0983. The number of carboxylic acids is 1. The summed E-state index contributed by atoms with van der Waals surface area (Å²) in [6, 6.07) is 1.07. The highest BCUT2D eigenvalue weighted by Gasteiger charge is 2.38. The van der Waals surface area contributed by atoms with Crippen molar-refractivity contribution in [2.24, 2.45) is 0 Å². The zero-order valence-electron chi connectivity index (χ0n) is 9.05. The zero-order valence-corrected chi connectivity index (χ0v) is 10.7. The van der Waals surface area contributed by atoms with Gasteiger partial charge >= 0.3 is 5.97 Å². The van der Waals surface area contributed by atoms with Crippen LogP contribution in [0, 0.1) is 0 Å². The van der Waals surface area contributed by atoms with E-state index in [2.05, 4.69) is 0 Å². The molecule has 2 rings (SSSR count). The van der Waals surface area contributed by atoms with Crippen LogP contribution >= 0.6 is 11.3 Å². The number of β-amino-alcohol motifs (C(OH)–C–C–N with tert-alkyl or cyclic N) is 2. The fourth-order valence-corrected chi connectivity index (χ4v) is 4.40. The van der Waals surface area contributed by atoms with Crippen LogP contribution in [0.5, 0.6) is 0 Å². The number of hydrogen-bond acceptors (Lipinski definition) is 6. The molecule has 0 bridgehead atoms. The fourth-order valence-electron chi connectivity index (χ4n) is 1.62. The van der Waals surface area contributed by atoms with Gasteiger partial charge in [0.05, 0.1) is 17.8 Å². The summed E-state index contributed by atoms with van der Waals surface area (Å²) in [6.45, 7) is -0.381. The number of aliphatic hydroxyl groups excluding tert-OH is 2. The molecule has 18 heavy (non-hydrogen) atoms. The fraction of sp³-hybridized carbons (Fsp3) is 0.444. The van der Waals surface area contributed by atoms with Gasteiger partial charge in [0.25, 0.3) is 10.0 Å². The molecule has 1 aromatic heterocycles. The number of aliphatic hydroxyl groups is 2. The van der Waals surface area contributed by atoms with Crippen molar-refractivity contribution in [3.8, 4) is 0 Å². The number of carbonyl (C=O) groups is 1. The number of thiophene rings is 1. The minimum Gasteiger partial charge on any atom is -0.478 e. The van der Waals surface area contributed by atoms with Crippen molar-refractivity contribution in [1.82, 2.24) is 4.31 Å². The summed E-state index contributed by atoms with van der Waals surface area (Å²) in [5.74, 6) is -1.20. The molecule has 1 saturated heterocycles. The van der Waals surface area contributed by atoms with Gasteiger partial charge in [-0.15, -0.1) is 11.3 Å². The highest BCUT2D eigenvalue weighted by molar-refractivity contribution is 7.91. The first-order valence-corrected chi connectivity index (χ1v) is 7.32. The highest BCUT2D eigenvalue weighted by atomic mass is 32.2. The van der Waals surface area contributed by atoms with Crippen molar-refractivity contribution in [3.63, 3.8) is 0 Å². The molecule has 0 unspecified atom stereocenters. The molecule has 0 radical (unpaired) electrons. The molecule has 2 atom stereocenters. The smallest absolute Gasteiger partial charge is 0.336 e. The standard InChI is InChI=1S/C9H11NO6S2/c11-6-2-10(3-7(6)12)18(15,16)8-1-5(4-17-8)9(13)14/h1,4,6-7,11-12H,2-3H2,(H,13,14)/t6-,7+. The van der Waals surface area contributed by atoms with Gasteiger partial charge in [0.15, 0.2) is 0 Å². The first-order valence-electron chi connectivity index (χ1n) is 5.00. The molecule has 0 spiro atoms. The van der Waals surface area contributed by atoms with Crippen LogP contribution in [0.15, 0.2) is 15.7 Å². The Labute approximate surface area is 107 Å². The number of hydrogen-bond donors (Lipinski definition) is 3. The van der Waals surface area contributed by atoms with Crippen LogP contribution in [0.1, 0.15) is 10.4 Å². The highest BCUT2D eigenvalue weighted by Crippen LogP contribution is 2.26. The third-order valence-electron chi connectivity index (χ3n) is 2.64. The number of sulfonamides is 1. The number of nitrogens with zero attached hydrogens (tertiary/aromatic N) is 1. The summed E-state index contributed by atoms with van der Waals surface area (Å²) in [6.07, 6.45) is -2.22. The number of carboxylic acid groups (broad SMARTS) is 1. The van der Waals surface area contributed by atoms with Crippen LogP contribution in [0.2, 0.25) is 0 Å². The zero-order chi connectivity index (χ0) is 13.5. The molecule has 1 aliphatic heterocycles. The molecule has 3 N–H and O–H groups in total. The average Bonchev–Trinajstić information content (AvgIpc) is 2.87. The van der Waals surface area contributed by atoms with Gasteiger partial charge in [-0.25, -0.2) is 13.2 Å². The Morgan fingerprint density at radius 3 is 2.33 bits per heavy atom. The van der Waals surface area contributed by atoms with Gasteiger partial charge < -0.3 is 15.3 Å². The van der Waals surface area contributed by atoms with Crippen molar-refractivity contribution < 1.29 is 28.5 Å². The maximum absolute atomic E-state index is 12.1. The van der Waals surface area contributed by atoms with Crippen LogP contribution < -0.4 is 0 Å². The predicted octanol–water partition coefficient (Wildman–Crippen LogP) is -0.828. The summed E-state index contributed by atoms with van der Waals surface area (Å²) in [4.78, 5) is 10.7. The average molecular weight is 293 g/mol. The van der Waals surface area contributed by atoms with Crippen molar-refractivity contribution in [2.45, 2.75) is 16.4 Å². The van der Waals surface area contributed by atoms with E-state index in [0.29, 0.717) is 0 Å². The van der Waals surface area contributed by atoms with Crippen LogP contribution in [0.3, 0.4) is 0 Å². The van der Waals surface area contributed by atoms with Gasteiger partial charge in [-0.1, -0.05) is 0 Å². The molecule has 9 heteroatoms. The van der Waals surface area contributed by atoms with Gasteiger partial charge in [-0.05, 0) is 6.07 Å². The molecule has 1 aromatic rings. The lowest BCUT2D eigenvalue weighted by Gasteiger charge is -2.13. The van der Waals surface area contributed by atoms with E-state index < -0.39 is 28.2 Å². The summed E-state index contributed by atoms with van der Waals surface area (Å²) in [5, 5.41) is 28.6. The van der Waals surface area contributed by atoms with E-state index in [0.717, 1.165) is 21.7 Å².